The Morgan fingerprint density at radius 3 is 2.40 bits per heavy atom. The monoisotopic (exact) mass is 156 g/mol. The van der Waals surface area contributed by atoms with Crippen molar-refractivity contribution >= 4 is 10.9 Å². The maximum atomic E-state index is 2.35. The maximum absolute atomic E-state index is 2.35. The summed E-state index contributed by atoms with van der Waals surface area (Å²) in [6.07, 6.45) is 8.52. The van der Waals surface area contributed by atoms with Crippen molar-refractivity contribution in [2.75, 3.05) is 5.75 Å². The van der Waals surface area contributed by atoms with Gasteiger partial charge in [-0.2, -0.15) is 0 Å². The Hall–Kier alpha value is -0.170. The van der Waals surface area contributed by atoms with Crippen LogP contribution in [-0.2, 0) is 0 Å². The molecule has 10 heavy (non-hydrogen) atoms. The minimum Gasteiger partial charge on any atom is -0.213 e. The molecular weight excluding hydrogens is 140 g/mol. The van der Waals surface area contributed by atoms with Crippen LogP contribution in [0.15, 0.2) is 23.0 Å². The molecule has 0 nitrogen and oxygen atoms in total. The summed E-state index contributed by atoms with van der Waals surface area (Å²) in [5.74, 6) is 1.41. The van der Waals surface area contributed by atoms with Crippen LogP contribution >= 0.6 is 10.9 Å². The molecule has 0 atom stereocenters. The SMILES string of the molecule is CCCCC[SH]1C=CC=C1. The number of rotatable bonds is 4. The molecule has 0 amide bonds. The summed E-state index contributed by atoms with van der Waals surface area (Å²) in [4.78, 5) is 0. The summed E-state index contributed by atoms with van der Waals surface area (Å²) < 4.78 is 0. The van der Waals surface area contributed by atoms with Gasteiger partial charge in [0.1, 0.15) is 0 Å². The summed E-state index contributed by atoms with van der Waals surface area (Å²) in [6.45, 7) is 2.26. The molecule has 0 aromatic rings. The minimum atomic E-state index is 0.182. The van der Waals surface area contributed by atoms with Crippen molar-refractivity contribution in [1.82, 2.24) is 0 Å². The van der Waals surface area contributed by atoms with Crippen molar-refractivity contribution in [2.45, 2.75) is 26.2 Å². The lowest BCUT2D eigenvalue weighted by atomic mass is 10.3. The Kier molecular flexibility index (Phi) is 3.66. The van der Waals surface area contributed by atoms with Crippen LogP contribution in [0.1, 0.15) is 26.2 Å². The fourth-order valence-electron chi connectivity index (χ4n) is 1.06. The Labute approximate surface area is 66.4 Å². The molecule has 1 aliphatic heterocycles. The second-order valence-electron chi connectivity index (χ2n) is 2.63. The predicted molar refractivity (Wildman–Crippen MR) is 51.7 cm³/mol. The average Bonchev–Trinajstić information content (AvgIpc) is 2.41. The highest BCUT2D eigenvalue weighted by Crippen LogP contribution is 2.33. The Morgan fingerprint density at radius 2 is 1.80 bits per heavy atom. The molecule has 58 valence electrons. The quantitative estimate of drug-likeness (QED) is 0.469. The third-order valence-electron chi connectivity index (χ3n) is 1.69. The van der Waals surface area contributed by atoms with E-state index in [0.717, 1.165) is 0 Å². The number of allylic oxidation sites excluding steroid dienone is 2. The fourth-order valence-corrected chi connectivity index (χ4v) is 2.69. The lowest BCUT2D eigenvalue weighted by Crippen LogP contribution is -1.81. The molecule has 1 aliphatic rings. The zero-order valence-corrected chi connectivity index (χ0v) is 7.48. The van der Waals surface area contributed by atoms with E-state index in [9.17, 15) is 0 Å². The second kappa shape index (κ2) is 4.62. The Balaban J connectivity index is 2.03. The topological polar surface area (TPSA) is 0 Å². The molecule has 1 heterocycles. The van der Waals surface area contributed by atoms with Gasteiger partial charge in [-0.05, 0) is 23.0 Å². The third kappa shape index (κ3) is 2.61. The molecule has 0 aliphatic carbocycles. The van der Waals surface area contributed by atoms with Gasteiger partial charge in [0.25, 0.3) is 0 Å². The Morgan fingerprint density at radius 1 is 1.10 bits per heavy atom. The van der Waals surface area contributed by atoms with E-state index in [2.05, 4.69) is 29.9 Å². The summed E-state index contributed by atoms with van der Waals surface area (Å²) in [7, 11) is 0.182. The van der Waals surface area contributed by atoms with Crippen LogP contribution in [0.4, 0.5) is 0 Å². The van der Waals surface area contributed by atoms with E-state index in [1.54, 1.807) is 0 Å². The molecule has 0 aromatic carbocycles. The number of thiol groups is 1. The Bertz CT molecular complexity index is 124. The molecule has 1 rings (SSSR count). The van der Waals surface area contributed by atoms with Gasteiger partial charge >= 0.3 is 0 Å². The summed E-state index contributed by atoms with van der Waals surface area (Å²) in [5, 5.41) is 4.70. The predicted octanol–water partition coefficient (Wildman–Crippen LogP) is 3.22. The van der Waals surface area contributed by atoms with Gasteiger partial charge in [0.2, 0.25) is 0 Å². The molecule has 0 radical (unpaired) electrons. The lowest BCUT2D eigenvalue weighted by molar-refractivity contribution is 0.778. The van der Waals surface area contributed by atoms with Crippen molar-refractivity contribution in [3.8, 4) is 0 Å². The largest absolute Gasteiger partial charge is 0.213 e. The van der Waals surface area contributed by atoms with Gasteiger partial charge < -0.3 is 0 Å². The van der Waals surface area contributed by atoms with Crippen LogP contribution in [0.3, 0.4) is 0 Å². The van der Waals surface area contributed by atoms with Crippen molar-refractivity contribution < 1.29 is 0 Å². The number of hydrogen-bond donors (Lipinski definition) is 1. The fraction of sp³-hybridized carbons (Fsp3) is 0.556. The molecular formula is C9H16S. The number of unbranched alkanes of at least 4 members (excludes halogenated alkanes) is 2. The van der Waals surface area contributed by atoms with Crippen molar-refractivity contribution in [2.24, 2.45) is 0 Å². The third-order valence-corrected chi connectivity index (χ3v) is 3.63. The lowest BCUT2D eigenvalue weighted by Gasteiger charge is -2.07. The normalized spacial score (nSPS) is 18.7. The standard InChI is InChI=1S/C9H16S/c1-2-3-4-7-10-8-5-6-9-10/h5-6,8-10H,2-4,7H2,1H3. The molecule has 0 spiro atoms. The van der Waals surface area contributed by atoms with Crippen molar-refractivity contribution in [3.63, 3.8) is 0 Å². The van der Waals surface area contributed by atoms with E-state index in [1.807, 2.05) is 0 Å². The van der Waals surface area contributed by atoms with Crippen LogP contribution in [0.25, 0.3) is 0 Å². The van der Waals surface area contributed by atoms with Gasteiger partial charge in [-0.3, -0.25) is 0 Å². The summed E-state index contributed by atoms with van der Waals surface area (Å²) in [5.41, 5.74) is 0. The van der Waals surface area contributed by atoms with Gasteiger partial charge in [-0.1, -0.05) is 31.9 Å². The maximum Gasteiger partial charge on any atom is -0.0185 e. The first-order valence-electron chi connectivity index (χ1n) is 4.04. The van der Waals surface area contributed by atoms with E-state index in [-0.39, 0.29) is 10.9 Å². The van der Waals surface area contributed by atoms with Crippen molar-refractivity contribution in [1.29, 1.82) is 0 Å². The van der Waals surface area contributed by atoms with Crippen LogP contribution in [0.2, 0.25) is 0 Å². The van der Waals surface area contributed by atoms with Crippen LogP contribution in [-0.4, -0.2) is 5.75 Å². The van der Waals surface area contributed by atoms with Gasteiger partial charge in [0.05, 0.1) is 0 Å². The number of hydrogen-bond acceptors (Lipinski definition) is 0. The first-order chi connectivity index (χ1) is 4.93. The highest BCUT2D eigenvalue weighted by molar-refractivity contribution is 8.22. The van der Waals surface area contributed by atoms with Gasteiger partial charge in [-0.25, -0.2) is 10.9 Å². The zero-order valence-electron chi connectivity index (χ0n) is 6.59. The molecule has 0 aromatic heterocycles. The van der Waals surface area contributed by atoms with Gasteiger partial charge in [0.15, 0.2) is 0 Å². The molecule has 0 saturated carbocycles. The summed E-state index contributed by atoms with van der Waals surface area (Å²) in [6, 6.07) is 0. The van der Waals surface area contributed by atoms with Crippen LogP contribution < -0.4 is 0 Å². The van der Waals surface area contributed by atoms with Gasteiger partial charge in [-0.15, -0.1) is 0 Å². The molecule has 0 bridgehead atoms. The molecule has 0 saturated heterocycles. The second-order valence-corrected chi connectivity index (χ2v) is 4.70. The zero-order chi connectivity index (χ0) is 7.23. The highest BCUT2D eigenvalue weighted by Gasteiger charge is 1.96. The smallest absolute Gasteiger partial charge is 0.0185 e. The van der Waals surface area contributed by atoms with Crippen LogP contribution in [0, 0.1) is 0 Å². The van der Waals surface area contributed by atoms with E-state index in [1.165, 1.54) is 25.0 Å². The van der Waals surface area contributed by atoms with Crippen LogP contribution in [0.5, 0.6) is 0 Å². The van der Waals surface area contributed by atoms with E-state index in [0.29, 0.717) is 0 Å². The average molecular weight is 156 g/mol. The molecule has 0 fully saturated rings. The van der Waals surface area contributed by atoms with Gasteiger partial charge in [0, 0.05) is 0 Å². The summed E-state index contributed by atoms with van der Waals surface area (Å²) >= 11 is 0. The van der Waals surface area contributed by atoms with E-state index >= 15 is 0 Å². The molecule has 1 heteroatoms. The van der Waals surface area contributed by atoms with Crippen molar-refractivity contribution in [3.05, 3.63) is 23.0 Å². The minimum absolute atomic E-state index is 0.182. The highest BCUT2D eigenvalue weighted by atomic mass is 32.2. The van der Waals surface area contributed by atoms with E-state index < -0.39 is 0 Å². The molecule has 0 unspecified atom stereocenters. The first-order valence-corrected chi connectivity index (χ1v) is 5.70. The molecule has 0 N–H and O–H groups in total. The van der Waals surface area contributed by atoms with E-state index in [4.69, 9.17) is 0 Å². The first kappa shape index (κ1) is 7.93.